The van der Waals surface area contributed by atoms with Crippen LogP contribution < -0.4 is 16.0 Å². The lowest BCUT2D eigenvalue weighted by molar-refractivity contribution is -0.138. The van der Waals surface area contributed by atoms with Crippen LogP contribution in [0.15, 0.2) is 23.0 Å². The van der Waals surface area contributed by atoms with Gasteiger partial charge in [-0.25, -0.2) is 5.14 Å². The molecule has 0 aromatic carbocycles. The number of hydrogen-bond acceptors (Lipinski definition) is 5. The van der Waals surface area contributed by atoms with Crippen molar-refractivity contribution in [3.05, 3.63) is 34.2 Å². The van der Waals surface area contributed by atoms with Gasteiger partial charge in [0, 0.05) is 62.9 Å². The maximum Gasteiger partial charge on any atom is 0.277 e. The number of amides is 1. The highest BCUT2D eigenvalue weighted by molar-refractivity contribution is 7.86. The zero-order valence-corrected chi connectivity index (χ0v) is 16.4. The van der Waals surface area contributed by atoms with E-state index in [0.29, 0.717) is 6.54 Å². The van der Waals surface area contributed by atoms with Crippen LogP contribution in [0.25, 0.3) is 0 Å². The van der Waals surface area contributed by atoms with E-state index >= 15 is 0 Å². The molecule has 11 heteroatoms. The molecule has 3 aliphatic rings. The molecule has 9 nitrogen and oxygen atoms in total. The van der Waals surface area contributed by atoms with Crippen LogP contribution in [0.3, 0.4) is 0 Å². The predicted molar refractivity (Wildman–Crippen MR) is 102 cm³/mol. The maximum absolute atomic E-state index is 13.3. The molecule has 1 aromatic heterocycles. The minimum atomic E-state index is -3.74. The lowest BCUT2D eigenvalue weighted by Gasteiger charge is -2.44. The number of piperidine rings is 1. The number of aromatic nitrogens is 1. The molecule has 0 radical (unpaired) electrons. The number of carbonyl (C=O) groups is 1. The second-order valence-corrected chi connectivity index (χ2v) is 8.77. The van der Waals surface area contributed by atoms with Gasteiger partial charge in [-0.15, -0.1) is 12.4 Å². The highest BCUT2D eigenvalue weighted by Gasteiger charge is 2.43. The van der Waals surface area contributed by atoms with Gasteiger partial charge in [-0.3, -0.25) is 14.2 Å². The molecule has 0 unspecified atom stereocenters. The first-order valence-electron chi connectivity index (χ1n) is 8.85. The topological polar surface area (TPSA) is 118 Å². The Kier molecular flexibility index (Phi) is 5.64. The Labute approximate surface area is 164 Å². The molecule has 27 heavy (non-hydrogen) atoms. The molecule has 0 spiro atoms. The number of carbonyl (C=O) groups excluding carboxylic acids is 1. The molecule has 4 rings (SSSR count). The van der Waals surface area contributed by atoms with Crippen LogP contribution in [0.1, 0.15) is 24.1 Å². The predicted octanol–water partition coefficient (Wildman–Crippen LogP) is -1.13. The molecule has 4 heterocycles. The van der Waals surface area contributed by atoms with Gasteiger partial charge < -0.3 is 10.2 Å². The van der Waals surface area contributed by atoms with E-state index < -0.39 is 16.3 Å². The lowest BCUT2D eigenvalue weighted by atomic mass is 9.79. The fraction of sp³-hybridized carbons (Fsp3) is 0.625. The number of halogens is 1. The van der Waals surface area contributed by atoms with Gasteiger partial charge in [0.05, 0.1) is 0 Å². The monoisotopic (exact) mass is 417 g/mol. The Bertz CT molecular complexity index is 881. The van der Waals surface area contributed by atoms with Crippen molar-refractivity contribution >= 4 is 28.5 Å². The molecular weight excluding hydrogens is 394 g/mol. The Morgan fingerprint density at radius 2 is 1.85 bits per heavy atom. The van der Waals surface area contributed by atoms with Crippen LogP contribution in [0.2, 0.25) is 0 Å². The molecule has 150 valence electrons. The molecule has 3 aliphatic heterocycles. The minimum Gasteiger partial charge on any atom is -0.338 e. The third-order valence-corrected chi connectivity index (χ3v) is 6.80. The van der Waals surface area contributed by atoms with Crippen LogP contribution >= 0.6 is 12.4 Å². The van der Waals surface area contributed by atoms with E-state index in [2.05, 4.69) is 5.32 Å². The smallest absolute Gasteiger partial charge is 0.277 e. The van der Waals surface area contributed by atoms with Crippen molar-refractivity contribution in [1.82, 2.24) is 19.1 Å². The number of nitrogens with zero attached hydrogens (tertiary/aromatic N) is 3. The van der Waals surface area contributed by atoms with Gasteiger partial charge in [0.25, 0.3) is 15.8 Å². The highest BCUT2D eigenvalue weighted by atomic mass is 35.5. The molecule has 2 bridgehead atoms. The molecule has 1 amide bonds. The van der Waals surface area contributed by atoms with Crippen LogP contribution in [-0.2, 0) is 15.0 Å². The first-order valence-corrected chi connectivity index (χ1v) is 10.4. The summed E-state index contributed by atoms with van der Waals surface area (Å²) in [5.41, 5.74) is 0.753. The second kappa shape index (κ2) is 7.51. The molecule has 0 aliphatic carbocycles. The second-order valence-electron chi connectivity index (χ2n) is 7.22. The van der Waals surface area contributed by atoms with Gasteiger partial charge in [0.15, 0.2) is 0 Å². The zero-order chi connectivity index (χ0) is 18.5. The van der Waals surface area contributed by atoms with Crippen molar-refractivity contribution in [3.63, 3.8) is 0 Å². The quantitative estimate of drug-likeness (QED) is 0.631. The molecule has 3 atom stereocenters. The number of piperazine rings is 1. The summed E-state index contributed by atoms with van der Waals surface area (Å²) in [6, 6.07) is 4.63. The summed E-state index contributed by atoms with van der Waals surface area (Å²) in [6.45, 7) is 2.44. The van der Waals surface area contributed by atoms with Gasteiger partial charge in [0.1, 0.15) is 6.04 Å². The average Bonchev–Trinajstić information content (AvgIpc) is 2.62. The number of hydrogen-bond donors (Lipinski definition) is 2. The Balaban J connectivity index is 0.00000210. The van der Waals surface area contributed by atoms with Crippen molar-refractivity contribution in [2.45, 2.75) is 18.4 Å². The third kappa shape index (κ3) is 3.64. The van der Waals surface area contributed by atoms with Crippen LogP contribution in [0.4, 0.5) is 0 Å². The number of rotatable bonds is 2. The largest absolute Gasteiger partial charge is 0.338 e. The van der Waals surface area contributed by atoms with Crippen molar-refractivity contribution in [1.29, 1.82) is 0 Å². The van der Waals surface area contributed by atoms with E-state index in [1.54, 1.807) is 15.5 Å². The highest BCUT2D eigenvalue weighted by Crippen LogP contribution is 2.39. The molecule has 2 fully saturated rings. The van der Waals surface area contributed by atoms with E-state index in [9.17, 15) is 18.0 Å². The minimum absolute atomic E-state index is 0. The van der Waals surface area contributed by atoms with E-state index in [-0.39, 0.29) is 61.9 Å². The van der Waals surface area contributed by atoms with Gasteiger partial charge in [-0.2, -0.15) is 12.7 Å². The maximum atomic E-state index is 13.3. The van der Waals surface area contributed by atoms with Gasteiger partial charge in [0.2, 0.25) is 5.91 Å². The summed E-state index contributed by atoms with van der Waals surface area (Å²) < 4.78 is 25.8. The van der Waals surface area contributed by atoms with E-state index in [4.69, 9.17) is 5.14 Å². The summed E-state index contributed by atoms with van der Waals surface area (Å²) in [7, 11) is -3.74. The van der Waals surface area contributed by atoms with E-state index in [1.165, 1.54) is 10.4 Å². The zero-order valence-electron chi connectivity index (χ0n) is 14.8. The van der Waals surface area contributed by atoms with Gasteiger partial charge in [-0.1, -0.05) is 6.07 Å². The fourth-order valence-corrected chi connectivity index (χ4v) is 5.13. The summed E-state index contributed by atoms with van der Waals surface area (Å²) in [6.07, 6.45) is 0.879. The van der Waals surface area contributed by atoms with Crippen molar-refractivity contribution in [3.8, 4) is 0 Å². The third-order valence-electron chi connectivity index (χ3n) is 5.71. The number of nitrogens with one attached hydrogen (secondary N) is 1. The lowest BCUT2D eigenvalue weighted by Crippen LogP contribution is -2.57. The number of nitrogens with two attached hydrogens (primary N) is 1. The van der Waals surface area contributed by atoms with Crippen LogP contribution in [-0.4, -0.2) is 67.4 Å². The molecule has 0 saturated carbocycles. The fourth-order valence-electron chi connectivity index (χ4n) is 4.46. The Morgan fingerprint density at radius 3 is 2.52 bits per heavy atom. The molecule has 3 N–H and O–H groups in total. The average molecular weight is 418 g/mol. The van der Waals surface area contributed by atoms with Gasteiger partial charge >= 0.3 is 0 Å². The normalized spacial score (nSPS) is 28.2. The van der Waals surface area contributed by atoms with E-state index in [0.717, 1.165) is 18.7 Å². The first-order chi connectivity index (χ1) is 12.4. The molecule has 1 aromatic rings. The Morgan fingerprint density at radius 1 is 1.15 bits per heavy atom. The molecule has 2 saturated heterocycles. The number of pyridine rings is 1. The van der Waals surface area contributed by atoms with E-state index in [1.807, 2.05) is 6.07 Å². The summed E-state index contributed by atoms with van der Waals surface area (Å²) in [5, 5.41) is 8.54. The summed E-state index contributed by atoms with van der Waals surface area (Å²) in [5.74, 6) is 0.192. The SMILES string of the molecule is Cl.NS(=O)(=O)N1CCN(C(=O)[C@H]2[C@@H]3CNC[C@@H](C3)c3cccc(=O)n32)CC1. The van der Waals surface area contributed by atoms with Gasteiger partial charge in [-0.05, 0) is 12.5 Å². The number of fused-ring (bicyclic) bond motifs is 4. The standard InChI is InChI=1S/C16H23N5O4S.ClH/c17-26(24,25)20-6-4-19(5-7-20)16(23)15-12-8-11(9-18-10-12)13-2-1-3-14(22)21(13)15;/h1-3,11-12,15,18H,4-10H2,(H2,17,24,25);1H/t11-,12+,15-;/m1./s1. The summed E-state index contributed by atoms with van der Waals surface area (Å²) in [4.78, 5) is 27.5. The van der Waals surface area contributed by atoms with Crippen LogP contribution in [0.5, 0.6) is 0 Å². The first kappa shape index (κ1) is 20.3. The Hall–Kier alpha value is -1.46. The summed E-state index contributed by atoms with van der Waals surface area (Å²) >= 11 is 0. The van der Waals surface area contributed by atoms with Crippen LogP contribution in [0, 0.1) is 5.92 Å². The van der Waals surface area contributed by atoms with Crippen molar-refractivity contribution in [2.24, 2.45) is 11.1 Å². The van der Waals surface area contributed by atoms with Crippen molar-refractivity contribution in [2.75, 3.05) is 39.3 Å². The molecular formula is C16H24ClN5O4S. The van der Waals surface area contributed by atoms with Crippen molar-refractivity contribution < 1.29 is 13.2 Å².